The van der Waals surface area contributed by atoms with E-state index in [1.807, 2.05) is 4.90 Å². The van der Waals surface area contributed by atoms with E-state index in [-0.39, 0.29) is 5.91 Å². The van der Waals surface area contributed by atoms with Crippen molar-refractivity contribution >= 4 is 5.91 Å². The van der Waals surface area contributed by atoms with E-state index >= 15 is 0 Å². The number of likely N-dealkylation sites (tertiary alicyclic amines) is 1. The average Bonchev–Trinajstić information content (AvgIpc) is 2.73. The van der Waals surface area contributed by atoms with Gasteiger partial charge in [-0.25, -0.2) is 0 Å². The lowest BCUT2D eigenvalue weighted by molar-refractivity contribution is -0.131. The van der Waals surface area contributed by atoms with Crippen molar-refractivity contribution in [3.8, 4) is 0 Å². The quantitative estimate of drug-likeness (QED) is 0.686. The largest absolute Gasteiger partial charge is 0.383 e. The van der Waals surface area contributed by atoms with Gasteiger partial charge in [0.1, 0.15) is 0 Å². The standard InChI is InChI=1S/C12H24N2O2/c1-10(2)11-5-4-7-14(11)12(15)9-13-6-8-16-3/h10-11,13H,4-9H2,1-3H3. The molecule has 1 aliphatic heterocycles. The summed E-state index contributed by atoms with van der Waals surface area (Å²) in [6.07, 6.45) is 2.30. The summed E-state index contributed by atoms with van der Waals surface area (Å²) in [6, 6.07) is 0.441. The van der Waals surface area contributed by atoms with Crippen molar-refractivity contribution in [3.05, 3.63) is 0 Å². The zero-order valence-electron chi connectivity index (χ0n) is 10.7. The molecule has 4 heteroatoms. The maximum Gasteiger partial charge on any atom is 0.236 e. The second-order valence-corrected chi connectivity index (χ2v) is 4.71. The molecule has 0 aromatic heterocycles. The molecule has 1 unspecified atom stereocenters. The van der Waals surface area contributed by atoms with Crippen molar-refractivity contribution in [1.82, 2.24) is 10.2 Å². The van der Waals surface area contributed by atoms with Gasteiger partial charge in [-0.1, -0.05) is 13.8 Å². The summed E-state index contributed by atoms with van der Waals surface area (Å²) >= 11 is 0. The van der Waals surface area contributed by atoms with Crippen LogP contribution in [0.25, 0.3) is 0 Å². The van der Waals surface area contributed by atoms with Gasteiger partial charge < -0.3 is 15.0 Å². The minimum atomic E-state index is 0.229. The number of methoxy groups -OCH3 is 1. The number of hydrogen-bond donors (Lipinski definition) is 1. The topological polar surface area (TPSA) is 41.6 Å². The number of nitrogens with one attached hydrogen (secondary N) is 1. The van der Waals surface area contributed by atoms with Crippen molar-refractivity contribution in [3.63, 3.8) is 0 Å². The van der Waals surface area contributed by atoms with E-state index in [1.54, 1.807) is 7.11 Å². The number of carbonyl (C=O) groups is 1. The molecule has 1 aliphatic rings. The molecule has 0 saturated carbocycles. The Bertz CT molecular complexity index is 219. The van der Waals surface area contributed by atoms with Gasteiger partial charge in [-0.2, -0.15) is 0 Å². The van der Waals surface area contributed by atoms with Crippen LogP contribution in [0.5, 0.6) is 0 Å². The van der Waals surface area contributed by atoms with Crippen LogP contribution in [0.1, 0.15) is 26.7 Å². The molecule has 0 aliphatic carbocycles. The van der Waals surface area contributed by atoms with Gasteiger partial charge in [0.15, 0.2) is 0 Å². The summed E-state index contributed by atoms with van der Waals surface area (Å²) in [6.45, 7) is 7.13. The highest BCUT2D eigenvalue weighted by molar-refractivity contribution is 5.78. The Morgan fingerprint density at radius 3 is 2.94 bits per heavy atom. The van der Waals surface area contributed by atoms with Crippen molar-refractivity contribution in [2.24, 2.45) is 5.92 Å². The van der Waals surface area contributed by atoms with Gasteiger partial charge in [-0.3, -0.25) is 4.79 Å². The maximum absolute atomic E-state index is 11.9. The molecule has 1 amide bonds. The lowest BCUT2D eigenvalue weighted by Gasteiger charge is -2.27. The fourth-order valence-electron chi connectivity index (χ4n) is 2.27. The molecule has 94 valence electrons. The molecule has 1 atom stereocenters. The first-order valence-electron chi connectivity index (χ1n) is 6.16. The summed E-state index contributed by atoms with van der Waals surface area (Å²) in [7, 11) is 1.67. The minimum Gasteiger partial charge on any atom is -0.383 e. The number of amides is 1. The predicted molar refractivity (Wildman–Crippen MR) is 64.3 cm³/mol. The van der Waals surface area contributed by atoms with Gasteiger partial charge in [0.2, 0.25) is 5.91 Å². The number of hydrogen-bond acceptors (Lipinski definition) is 3. The minimum absolute atomic E-state index is 0.229. The second-order valence-electron chi connectivity index (χ2n) is 4.71. The number of ether oxygens (including phenoxy) is 1. The molecule has 1 N–H and O–H groups in total. The summed E-state index contributed by atoms with van der Waals surface area (Å²) in [5, 5.41) is 3.11. The normalized spacial score (nSPS) is 20.8. The SMILES string of the molecule is COCCNCC(=O)N1CCCC1C(C)C. The van der Waals surface area contributed by atoms with Gasteiger partial charge in [0, 0.05) is 26.2 Å². The summed E-state index contributed by atoms with van der Waals surface area (Å²) in [4.78, 5) is 14.0. The number of rotatable bonds is 6. The number of carbonyl (C=O) groups excluding carboxylic acids is 1. The molecule has 4 nitrogen and oxygen atoms in total. The highest BCUT2D eigenvalue weighted by Gasteiger charge is 2.30. The summed E-state index contributed by atoms with van der Waals surface area (Å²) in [5.74, 6) is 0.790. The molecule has 1 heterocycles. The molecule has 1 fully saturated rings. The van der Waals surface area contributed by atoms with Gasteiger partial charge in [-0.15, -0.1) is 0 Å². The van der Waals surface area contributed by atoms with E-state index < -0.39 is 0 Å². The Balaban J connectivity index is 2.29. The second kappa shape index (κ2) is 6.86. The van der Waals surface area contributed by atoms with Crippen LogP contribution in [0.2, 0.25) is 0 Å². The Morgan fingerprint density at radius 2 is 2.31 bits per heavy atom. The van der Waals surface area contributed by atoms with Crippen LogP contribution in [0.4, 0.5) is 0 Å². The lowest BCUT2D eigenvalue weighted by Crippen LogP contribution is -2.43. The first-order valence-corrected chi connectivity index (χ1v) is 6.16. The number of nitrogens with zero attached hydrogens (tertiary/aromatic N) is 1. The monoisotopic (exact) mass is 228 g/mol. The van der Waals surface area contributed by atoms with Gasteiger partial charge in [-0.05, 0) is 18.8 Å². The van der Waals surface area contributed by atoms with E-state index in [9.17, 15) is 4.79 Å². The third-order valence-corrected chi connectivity index (χ3v) is 3.15. The fraction of sp³-hybridized carbons (Fsp3) is 0.917. The molecule has 0 bridgehead atoms. The van der Waals surface area contributed by atoms with Crippen LogP contribution < -0.4 is 5.32 Å². The van der Waals surface area contributed by atoms with E-state index in [0.29, 0.717) is 25.1 Å². The highest BCUT2D eigenvalue weighted by atomic mass is 16.5. The van der Waals surface area contributed by atoms with Gasteiger partial charge in [0.25, 0.3) is 0 Å². The van der Waals surface area contributed by atoms with Crippen molar-refractivity contribution in [2.75, 3.05) is 33.4 Å². The third-order valence-electron chi connectivity index (χ3n) is 3.15. The lowest BCUT2D eigenvalue weighted by atomic mass is 10.0. The summed E-state index contributed by atoms with van der Waals surface area (Å²) < 4.78 is 4.92. The van der Waals surface area contributed by atoms with E-state index in [1.165, 1.54) is 0 Å². The molecule has 0 aromatic rings. The highest BCUT2D eigenvalue weighted by Crippen LogP contribution is 2.23. The van der Waals surface area contributed by atoms with E-state index in [2.05, 4.69) is 19.2 Å². The smallest absolute Gasteiger partial charge is 0.236 e. The molecule has 16 heavy (non-hydrogen) atoms. The molecule has 1 saturated heterocycles. The zero-order valence-corrected chi connectivity index (χ0v) is 10.7. The first-order chi connectivity index (χ1) is 7.66. The molecular formula is C12H24N2O2. The van der Waals surface area contributed by atoms with Crippen molar-refractivity contribution in [1.29, 1.82) is 0 Å². The van der Waals surface area contributed by atoms with Crippen LogP contribution in [-0.4, -0.2) is 50.2 Å². The van der Waals surface area contributed by atoms with Crippen LogP contribution in [-0.2, 0) is 9.53 Å². The molecule has 0 spiro atoms. The average molecular weight is 228 g/mol. The van der Waals surface area contributed by atoms with Crippen LogP contribution in [0.3, 0.4) is 0 Å². The van der Waals surface area contributed by atoms with Crippen molar-refractivity contribution < 1.29 is 9.53 Å². The Hall–Kier alpha value is -0.610. The maximum atomic E-state index is 11.9. The molecule has 1 rings (SSSR count). The fourth-order valence-corrected chi connectivity index (χ4v) is 2.27. The Morgan fingerprint density at radius 1 is 1.56 bits per heavy atom. The van der Waals surface area contributed by atoms with Crippen LogP contribution in [0.15, 0.2) is 0 Å². The van der Waals surface area contributed by atoms with Crippen LogP contribution in [0, 0.1) is 5.92 Å². The molecule has 0 radical (unpaired) electrons. The first kappa shape index (κ1) is 13.5. The zero-order chi connectivity index (χ0) is 12.0. The molecule has 0 aromatic carbocycles. The van der Waals surface area contributed by atoms with Gasteiger partial charge in [0.05, 0.1) is 13.2 Å². The van der Waals surface area contributed by atoms with E-state index in [0.717, 1.165) is 25.9 Å². The predicted octanol–water partition coefficient (Wildman–Crippen LogP) is 0.869. The van der Waals surface area contributed by atoms with Gasteiger partial charge >= 0.3 is 0 Å². The Labute approximate surface area is 98.3 Å². The van der Waals surface area contributed by atoms with E-state index in [4.69, 9.17) is 4.74 Å². The third kappa shape index (κ3) is 3.76. The van der Waals surface area contributed by atoms with Crippen LogP contribution >= 0.6 is 0 Å². The van der Waals surface area contributed by atoms with Crippen molar-refractivity contribution in [2.45, 2.75) is 32.7 Å². The Kier molecular flexibility index (Phi) is 5.77. The molecular weight excluding hydrogens is 204 g/mol. The summed E-state index contributed by atoms with van der Waals surface area (Å²) in [5.41, 5.74) is 0.